The van der Waals surface area contributed by atoms with Gasteiger partial charge in [-0.1, -0.05) is 117 Å². The molecule has 0 N–H and O–H groups in total. The van der Waals surface area contributed by atoms with E-state index >= 15 is 0 Å². The fourth-order valence-corrected chi connectivity index (χ4v) is 8.07. The Morgan fingerprint density at radius 2 is 0.775 bits per heavy atom. The Balaban J connectivity index is 1.73. The summed E-state index contributed by atoms with van der Waals surface area (Å²) in [5, 5.41) is 15.3. The Morgan fingerprint density at radius 1 is 0.375 bits per heavy atom. The number of hydrogen-bond acceptors (Lipinski definition) is 0. The number of fused-ring (bicyclic) bond motifs is 10. The average Bonchev–Trinajstić information content (AvgIpc) is 2.96. The summed E-state index contributed by atoms with van der Waals surface area (Å²) in [5.41, 5.74) is 5.11. The van der Waals surface area contributed by atoms with Crippen LogP contribution in [0.5, 0.6) is 0 Å². The second-order valence-electron chi connectivity index (χ2n) is 10.8. The van der Waals surface area contributed by atoms with Gasteiger partial charge in [0.25, 0.3) is 0 Å². The number of rotatable bonds is 1. The van der Waals surface area contributed by atoms with Crippen LogP contribution in [0.15, 0.2) is 118 Å². The highest BCUT2D eigenvalue weighted by molar-refractivity contribution is 9.11. The lowest BCUT2D eigenvalue weighted by molar-refractivity contribution is 1.53. The molecule has 2 heteroatoms. The number of halogens is 2. The molecule has 0 atom stereocenters. The molecule has 0 saturated heterocycles. The zero-order valence-corrected chi connectivity index (χ0v) is 25.3. The van der Waals surface area contributed by atoms with E-state index in [9.17, 15) is 0 Å². The monoisotopic (exact) mass is 638 g/mol. The fraction of sp³-hybridized carbons (Fsp3) is 0.0526. The second kappa shape index (κ2) is 8.89. The fourth-order valence-electron chi connectivity index (χ4n) is 6.75. The minimum absolute atomic E-state index is 1.13. The lowest BCUT2D eigenvalue weighted by Gasteiger charge is -2.20. The van der Waals surface area contributed by atoms with E-state index < -0.39 is 0 Å². The molecule has 190 valence electrons. The van der Waals surface area contributed by atoms with Crippen LogP contribution in [0.25, 0.3) is 75.8 Å². The smallest absolute Gasteiger partial charge is 0.0266 e. The first kappa shape index (κ1) is 24.1. The molecule has 0 bridgehead atoms. The summed E-state index contributed by atoms with van der Waals surface area (Å²) in [5.74, 6) is 0. The summed E-state index contributed by atoms with van der Waals surface area (Å²) in [4.78, 5) is 0. The molecule has 0 radical (unpaired) electrons. The van der Waals surface area contributed by atoms with Crippen molar-refractivity contribution in [3.63, 3.8) is 0 Å². The zero-order chi connectivity index (χ0) is 27.1. The third kappa shape index (κ3) is 3.36. The Kier molecular flexibility index (Phi) is 5.36. The molecule has 8 aromatic carbocycles. The van der Waals surface area contributed by atoms with Gasteiger partial charge in [-0.25, -0.2) is 0 Å². The van der Waals surface area contributed by atoms with Crippen LogP contribution >= 0.6 is 31.9 Å². The van der Waals surface area contributed by atoms with E-state index in [-0.39, 0.29) is 0 Å². The van der Waals surface area contributed by atoms with Crippen molar-refractivity contribution in [2.24, 2.45) is 0 Å². The maximum absolute atomic E-state index is 4.02. The van der Waals surface area contributed by atoms with Gasteiger partial charge in [0.15, 0.2) is 0 Å². The molecular formula is C38H24Br2. The van der Waals surface area contributed by atoms with Gasteiger partial charge in [0, 0.05) is 19.7 Å². The molecule has 0 saturated carbocycles. The van der Waals surface area contributed by atoms with Gasteiger partial charge in [-0.3, -0.25) is 0 Å². The quantitative estimate of drug-likeness (QED) is 0.157. The first-order valence-corrected chi connectivity index (χ1v) is 15.2. The van der Waals surface area contributed by atoms with Crippen LogP contribution in [-0.4, -0.2) is 0 Å². The lowest BCUT2D eigenvalue weighted by Crippen LogP contribution is -1.93. The Morgan fingerprint density at radius 3 is 1.23 bits per heavy atom. The largest absolute Gasteiger partial charge is 0.0616 e. The van der Waals surface area contributed by atoms with Gasteiger partial charge < -0.3 is 0 Å². The topological polar surface area (TPSA) is 0 Å². The maximum Gasteiger partial charge on any atom is 0.0266 e. The molecule has 8 aromatic rings. The molecule has 0 aliphatic rings. The van der Waals surface area contributed by atoms with Gasteiger partial charge in [-0.2, -0.15) is 0 Å². The van der Waals surface area contributed by atoms with Crippen LogP contribution in [0.2, 0.25) is 0 Å². The minimum Gasteiger partial charge on any atom is -0.0616 e. The van der Waals surface area contributed by atoms with E-state index in [1.165, 1.54) is 86.9 Å². The van der Waals surface area contributed by atoms with E-state index in [0.29, 0.717) is 0 Å². The first-order chi connectivity index (χ1) is 19.5. The molecule has 0 aliphatic heterocycles. The molecule has 0 spiro atoms. The maximum atomic E-state index is 4.02. The highest BCUT2D eigenvalue weighted by Crippen LogP contribution is 2.48. The van der Waals surface area contributed by atoms with E-state index in [0.717, 1.165) is 8.95 Å². The molecule has 0 nitrogen and oxygen atoms in total. The van der Waals surface area contributed by atoms with Gasteiger partial charge in [-0.15, -0.1) is 0 Å². The van der Waals surface area contributed by atoms with Gasteiger partial charge in [0.1, 0.15) is 0 Å². The van der Waals surface area contributed by atoms with Crippen LogP contribution in [0, 0.1) is 13.8 Å². The third-order valence-electron chi connectivity index (χ3n) is 8.60. The van der Waals surface area contributed by atoms with Crippen LogP contribution in [-0.2, 0) is 0 Å². The molecule has 0 heterocycles. The zero-order valence-electron chi connectivity index (χ0n) is 22.1. The predicted octanol–water partition coefficient (Wildman–Crippen LogP) is 12.4. The van der Waals surface area contributed by atoms with Gasteiger partial charge in [-0.05, 0) is 114 Å². The minimum atomic E-state index is 1.13. The molecule has 8 rings (SSSR count). The van der Waals surface area contributed by atoms with Crippen molar-refractivity contribution in [2.45, 2.75) is 13.8 Å². The van der Waals surface area contributed by atoms with Crippen LogP contribution in [0.4, 0.5) is 0 Å². The summed E-state index contributed by atoms with van der Waals surface area (Å²) in [6.07, 6.45) is 0. The lowest BCUT2D eigenvalue weighted by atomic mass is 9.84. The highest BCUT2D eigenvalue weighted by atomic mass is 79.9. The van der Waals surface area contributed by atoms with Crippen molar-refractivity contribution >= 4 is 96.5 Å². The van der Waals surface area contributed by atoms with Crippen LogP contribution < -0.4 is 0 Å². The summed E-state index contributed by atoms with van der Waals surface area (Å²) in [6.45, 7) is 4.45. The Bertz CT molecular complexity index is 2190. The summed E-state index contributed by atoms with van der Waals surface area (Å²) >= 11 is 8.03. The Labute approximate surface area is 249 Å². The van der Waals surface area contributed by atoms with Gasteiger partial charge in [0.2, 0.25) is 0 Å². The van der Waals surface area contributed by atoms with Crippen molar-refractivity contribution in [1.29, 1.82) is 0 Å². The molecular weight excluding hydrogens is 616 g/mol. The van der Waals surface area contributed by atoms with Crippen LogP contribution in [0.1, 0.15) is 11.1 Å². The van der Waals surface area contributed by atoms with E-state index in [2.05, 4.69) is 155 Å². The van der Waals surface area contributed by atoms with Crippen LogP contribution in [0.3, 0.4) is 0 Å². The molecule has 0 aliphatic carbocycles. The standard InChI is InChI=1S/C38H24Br2/c1-21-9-7-15-27-29(21)19-31(35-25-13-5-3-11-23(25)17-33(39)37(27)35)32-20-30-22(2)10-8-16-28(30)38-34(40)18-24-12-4-6-14-26(24)36(32)38/h3-20H,1-2H3. The van der Waals surface area contributed by atoms with Crippen molar-refractivity contribution < 1.29 is 0 Å². The first-order valence-electron chi connectivity index (χ1n) is 13.6. The van der Waals surface area contributed by atoms with E-state index in [1.54, 1.807) is 0 Å². The third-order valence-corrected chi connectivity index (χ3v) is 9.85. The molecule has 40 heavy (non-hydrogen) atoms. The molecule has 0 aromatic heterocycles. The molecule has 0 fully saturated rings. The number of aryl methyl sites for hydroxylation is 2. The number of benzene rings is 8. The summed E-state index contributed by atoms with van der Waals surface area (Å²) in [6, 6.07) is 40.4. The van der Waals surface area contributed by atoms with Crippen molar-refractivity contribution in [3.8, 4) is 11.1 Å². The van der Waals surface area contributed by atoms with E-state index in [1.807, 2.05) is 0 Å². The predicted molar refractivity (Wildman–Crippen MR) is 182 cm³/mol. The van der Waals surface area contributed by atoms with Crippen molar-refractivity contribution in [2.75, 3.05) is 0 Å². The SMILES string of the molecule is Cc1cccc2c1cc(-c1cc3c(C)cccc3c3c(Br)cc4ccccc4c13)c1c3ccccc3cc(Br)c21. The normalized spacial score (nSPS) is 12.0. The highest BCUT2D eigenvalue weighted by Gasteiger charge is 2.20. The van der Waals surface area contributed by atoms with Gasteiger partial charge in [0.05, 0.1) is 0 Å². The summed E-state index contributed by atoms with van der Waals surface area (Å²) < 4.78 is 2.26. The Hall–Kier alpha value is -3.72. The van der Waals surface area contributed by atoms with Crippen molar-refractivity contribution in [1.82, 2.24) is 0 Å². The molecule has 0 unspecified atom stereocenters. The molecule has 0 amide bonds. The summed E-state index contributed by atoms with van der Waals surface area (Å²) in [7, 11) is 0. The average molecular weight is 640 g/mol. The number of hydrogen-bond donors (Lipinski definition) is 0. The second-order valence-corrected chi connectivity index (χ2v) is 12.6. The van der Waals surface area contributed by atoms with E-state index in [4.69, 9.17) is 0 Å². The van der Waals surface area contributed by atoms with Crippen molar-refractivity contribution in [3.05, 3.63) is 129 Å². The van der Waals surface area contributed by atoms with Gasteiger partial charge >= 0.3 is 0 Å².